The van der Waals surface area contributed by atoms with E-state index in [1.165, 1.54) is 30.4 Å². The lowest BCUT2D eigenvalue weighted by atomic mass is 10.1. The molecule has 0 fully saturated rings. The topological polar surface area (TPSA) is 45.7 Å². The number of benzene rings is 1. The van der Waals surface area contributed by atoms with Gasteiger partial charge in [0.05, 0.1) is 6.61 Å². The number of guanidine groups is 1. The summed E-state index contributed by atoms with van der Waals surface area (Å²) in [7, 11) is 3.52. The van der Waals surface area contributed by atoms with Gasteiger partial charge in [-0.3, -0.25) is 4.99 Å². The van der Waals surface area contributed by atoms with E-state index < -0.39 is 0 Å². The Hall–Kier alpha value is -1.55. The number of hydrogen-bond donors (Lipinski definition) is 2. The Balaban J connectivity index is 2.38. The molecule has 0 saturated heterocycles. The molecule has 1 aromatic carbocycles. The van der Waals surface area contributed by atoms with Crippen LogP contribution in [0.4, 0.5) is 0 Å². The van der Waals surface area contributed by atoms with E-state index in [2.05, 4.69) is 46.8 Å². The Bertz CT molecular complexity index is 404. The number of nitrogens with zero attached hydrogens (tertiary/aromatic N) is 1. The van der Waals surface area contributed by atoms with Gasteiger partial charge in [-0.25, -0.2) is 0 Å². The third-order valence-electron chi connectivity index (χ3n) is 3.06. The summed E-state index contributed by atoms with van der Waals surface area (Å²) in [5, 5.41) is 6.66. The summed E-state index contributed by atoms with van der Waals surface area (Å²) >= 11 is 0. The smallest absolute Gasteiger partial charge is 0.191 e. The Labute approximate surface area is 122 Å². The van der Waals surface area contributed by atoms with Crippen molar-refractivity contribution in [3.63, 3.8) is 0 Å². The molecule has 0 atom stereocenters. The summed E-state index contributed by atoms with van der Waals surface area (Å²) in [6, 6.07) is 8.39. The molecular weight excluding hydrogens is 250 g/mol. The van der Waals surface area contributed by atoms with E-state index in [0.29, 0.717) is 6.61 Å². The summed E-state index contributed by atoms with van der Waals surface area (Å²) in [6.07, 6.45) is 3.67. The second-order valence-electron chi connectivity index (χ2n) is 4.81. The minimum atomic E-state index is 0.651. The monoisotopic (exact) mass is 277 g/mol. The van der Waals surface area contributed by atoms with Crippen molar-refractivity contribution in [2.75, 3.05) is 20.7 Å². The zero-order valence-corrected chi connectivity index (χ0v) is 12.9. The molecule has 4 nitrogen and oxygen atoms in total. The first kappa shape index (κ1) is 16.5. The van der Waals surface area contributed by atoms with Crippen molar-refractivity contribution < 1.29 is 4.74 Å². The predicted octanol–water partition coefficient (Wildman–Crippen LogP) is 2.69. The van der Waals surface area contributed by atoms with Gasteiger partial charge in [0.1, 0.15) is 0 Å². The number of unbranched alkanes of at least 4 members (excludes halogenated alkanes) is 2. The van der Waals surface area contributed by atoms with E-state index in [1.807, 2.05) is 0 Å². The summed E-state index contributed by atoms with van der Waals surface area (Å²) in [5.74, 6) is 0.859. The molecule has 0 aliphatic heterocycles. The second kappa shape index (κ2) is 10.3. The summed E-state index contributed by atoms with van der Waals surface area (Å²) in [4.78, 5) is 4.23. The van der Waals surface area contributed by atoms with Crippen LogP contribution < -0.4 is 10.6 Å². The maximum absolute atomic E-state index is 5.15. The van der Waals surface area contributed by atoms with Crippen molar-refractivity contribution in [2.45, 2.75) is 39.3 Å². The maximum Gasteiger partial charge on any atom is 0.191 e. The SMILES string of the molecule is CCCCCNC(=NC)NCc1cccc(COC)c1. The van der Waals surface area contributed by atoms with Crippen LogP contribution in [0.15, 0.2) is 29.3 Å². The highest BCUT2D eigenvalue weighted by atomic mass is 16.5. The Kier molecular flexibility index (Phi) is 8.47. The molecule has 2 N–H and O–H groups in total. The fourth-order valence-corrected chi connectivity index (χ4v) is 1.98. The number of methoxy groups -OCH3 is 1. The zero-order chi connectivity index (χ0) is 14.6. The lowest BCUT2D eigenvalue weighted by molar-refractivity contribution is 0.185. The molecule has 0 radical (unpaired) electrons. The quantitative estimate of drug-likeness (QED) is 0.436. The van der Waals surface area contributed by atoms with Gasteiger partial charge in [-0.2, -0.15) is 0 Å². The molecule has 0 spiro atoms. The van der Waals surface area contributed by atoms with E-state index in [0.717, 1.165) is 19.0 Å². The van der Waals surface area contributed by atoms with Crippen LogP contribution >= 0.6 is 0 Å². The van der Waals surface area contributed by atoms with Gasteiger partial charge in [-0.05, 0) is 17.5 Å². The van der Waals surface area contributed by atoms with Gasteiger partial charge >= 0.3 is 0 Å². The molecule has 0 heterocycles. The van der Waals surface area contributed by atoms with Crippen LogP contribution in [-0.4, -0.2) is 26.7 Å². The van der Waals surface area contributed by atoms with E-state index in [-0.39, 0.29) is 0 Å². The largest absolute Gasteiger partial charge is 0.380 e. The molecule has 0 bridgehead atoms. The van der Waals surface area contributed by atoms with E-state index >= 15 is 0 Å². The minimum absolute atomic E-state index is 0.651. The van der Waals surface area contributed by atoms with Crippen molar-refractivity contribution in [2.24, 2.45) is 4.99 Å². The molecule has 1 rings (SSSR count). The molecule has 0 amide bonds. The summed E-state index contributed by atoms with van der Waals surface area (Å²) in [5.41, 5.74) is 2.42. The van der Waals surface area contributed by atoms with Crippen LogP contribution in [0.3, 0.4) is 0 Å². The third-order valence-corrected chi connectivity index (χ3v) is 3.06. The maximum atomic E-state index is 5.15. The van der Waals surface area contributed by atoms with Crippen molar-refractivity contribution >= 4 is 5.96 Å². The predicted molar refractivity (Wildman–Crippen MR) is 84.9 cm³/mol. The van der Waals surface area contributed by atoms with Crippen LogP contribution in [0.5, 0.6) is 0 Å². The Morgan fingerprint density at radius 1 is 1.20 bits per heavy atom. The Morgan fingerprint density at radius 3 is 2.70 bits per heavy atom. The molecule has 0 aliphatic carbocycles. The number of aliphatic imine (C=N–C) groups is 1. The second-order valence-corrected chi connectivity index (χ2v) is 4.81. The molecule has 1 aromatic rings. The van der Waals surface area contributed by atoms with E-state index in [9.17, 15) is 0 Å². The molecule has 0 saturated carbocycles. The fraction of sp³-hybridized carbons (Fsp3) is 0.562. The zero-order valence-electron chi connectivity index (χ0n) is 12.9. The van der Waals surface area contributed by atoms with Gasteiger partial charge in [0.25, 0.3) is 0 Å². The molecule has 0 aromatic heterocycles. The van der Waals surface area contributed by atoms with Crippen molar-refractivity contribution in [3.8, 4) is 0 Å². The average molecular weight is 277 g/mol. The van der Waals surface area contributed by atoms with Crippen LogP contribution in [0.2, 0.25) is 0 Å². The van der Waals surface area contributed by atoms with Crippen LogP contribution in [0.25, 0.3) is 0 Å². The van der Waals surface area contributed by atoms with Gasteiger partial charge in [0.2, 0.25) is 0 Å². The molecule has 0 unspecified atom stereocenters. The van der Waals surface area contributed by atoms with Gasteiger partial charge in [0, 0.05) is 27.2 Å². The van der Waals surface area contributed by atoms with E-state index in [4.69, 9.17) is 4.74 Å². The van der Waals surface area contributed by atoms with Crippen LogP contribution in [-0.2, 0) is 17.9 Å². The highest BCUT2D eigenvalue weighted by Gasteiger charge is 1.99. The number of rotatable bonds is 8. The van der Waals surface area contributed by atoms with Crippen molar-refractivity contribution in [1.29, 1.82) is 0 Å². The number of nitrogens with one attached hydrogen (secondary N) is 2. The van der Waals surface area contributed by atoms with Crippen molar-refractivity contribution in [3.05, 3.63) is 35.4 Å². The van der Waals surface area contributed by atoms with Gasteiger partial charge in [0.15, 0.2) is 5.96 Å². The van der Waals surface area contributed by atoms with Gasteiger partial charge < -0.3 is 15.4 Å². The highest BCUT2D eigenvalue weighted by Crippen LogP contribution is 2.06. The van der Waals surface area contributed by atoms with Gasteiger partial charge in [-0.15, -0.1) is 0 Å². The standard InChI is InChI=1S/C16H27N3O/c1-4-5-6-10-18-16(17-2)19-12-14-8-7-9-15(11-14)13-20-3/h7-9,11H,4-6,10,12-13H2,1-3H3,(H2,17,18,19). The lowest BCUT2D eigenvalue weighted by Gasteiger charge is -2.12. The summed E-state index contributed by atoms with van der Waals surface area (Å²) < 4.78 is 5.15. The highest BCUT2D eigenvalue weighted by molar-refractivity contribution is 5.79. The molecular formula is C16H27N3O. The number of hydrogen-bond acceptors (Lipinski definition) is 2. The molecule has 112 valence electrons. The van der Waals surface area contributed by atoms with Crippen molar-refractivity contribution in [1.82, 2.24) is 10.6 Å². The van der Waals surface area contributed by atoms with Gasteiger partial charge in [-0.1, -0.05) is 44.0 Å². The van der Waals surface area contributed by atoms with Crippen LogP contribution in [0, 0.1) is 0 Å². The van der Waals surface area contributed by atoms with Crippen LogP contribution in [0.1, 0.15) is 37.3 Å². The number of ether oxygens (including phenoxy) is 1. The minimum Gasteiger partial charge on any atom is -0.380 e. The first-order chi connectivity index (χ1) is 9.80. The molecule has 20 heavy (non-hydrogen) atoms. The molecule has 0 aliphatic rings. The Morgan fingerprint density at radius 2 is 2.00 bits per heavy atom. The lowest BCUT2D eigenvalue weighted by Crippen LogP contribution is -2.37. The first-order valence-electron chi connectivity index (χ1n) is 7.31. The fourth-order valence-electron chi connectivity index (χ4n) is 1.98. The third kappa shape index (κ3) is 6.57. The normalized spacial score (nSPS) is 11.4. The molecule has 4 heteroatoms. The summed E-state index contributed by atoms with van der Waals surface area (Å²) in [6.45, 7) is 4.60. The van der Waals surface area contributed by atoms with E-state index in [1.54, 1.807) is 14.2 Å². The first-order valence-corrected chi connectivity index (χ1v) is 7.31. The average Bonchev–Trinajstić information content (AvgIpc) is 2.47.